The van der Waals surface area contributed by atoms with E-state index in [1.807, 2.05) is 5.32 Å². The summed E-state index contributed by atoms with van der Waals surface area (Å²) in [5, 5.41) is 11.0. The molecule has 1 rings (SSSR count). The normalized spacial score (nSPS) is 13.8. The molecule has 0 spiro atoms. The number of hydrogen-bond acceptors (Lipinski definition) is 3. The first-order valence-corrected chi connectivity index (χ1v) is 5.30. The highest BCUT2D eigenvalue weighted by molar-refractivity contribution is 6.35. The van der Waals surface area contributed by atoms with E-state index >= 15 is 0 Å². The van der Waals surface area contributed by atoms with Gasteiger partial charge in [-0.2, -0.15) is 4.39 Å². The molecule has 0 aliphatic heterocycles. The monoisotopic (exact) mass is 295 g/mol. The molecule has 18 heavy (non-hydrogen) atoms. The van der Waals surface area contributed by atoms with Crippen molar-refractivity contribution in [1.82, 2.24) is 0 Å². The van der Waals surface area contributed by atoms with Crippen molar-refractivity contribution >= 4 is 40.8 Å². The van der Waals surface area contributed by atoms with Crippen LogP contribution in [0.2, 0.25) is 10.0 Å². The number of carbonyl (C=O) groups excluding carboxylic acids is 1. The molecule has 0 aliphatic carbocycles. The first-order valence-electron chi connectivity index (χ1n) is 4.54. The molecule has 0 saturated heterocycles. The molecule has 0 aromatic heterocycles. The van der Waals surface area contributed by atoms with Crippen molar-refractivity contribution in [2.24, 2.45) is 0 Å². The summed E-state index contributed by atoms with van der Waals surface area (Å²) in [4.78, 5) is 22.1. The minimum Gasteiger partial charge on any atom is -0.477 e. The van der Waals surface area contributed by atoms with Crippen molar-refractivity contribution in [2.45, 2.75) is 5.85 Å². The minimum atomic E-state index is -3.48. The van der Waals surface area contributed by atoms with Crippen LogP contribution >= 0.6 is 23.2 Å². The molecule has 0 aliphatic rings. The van der Waals surface area contributed by atoms with Gasteiger partial charge in [-0.25, -0.2) is 4.79 Å². The van der Waals surface area contributed by atoms with E-state index in [0.717, 1.165) is 7.11 Å². The zero-order valence-electron chi connectivity index (χ0n) is 9.04. The molecule has 1 unspecified atom stereocenters. The van der Waals surface area contributed by atoms with E-state index in [1.54, 1.807) is 0 Å². The predicted octanol–water partition coefficient (Wildman–Crippen LogP) is 2.33. The van der Waals surface area contributed by atoms with E-state index in [1.165, 1.54) is 18.2 Å². The standard InChI is InChI=1S/C10H8Cl2FNO4/c1-18-10(13,9(16)17)8(15)14-7-3-5(11)2-6(12)4-7/h2-4H,1H3,(H,14,15)(H,16,17). The Kier molecular flexibility index (Phi) is 4.50. The number of benzene rings is 1. The number of amides is 1. The average Bonchev–Trinajstić information content (AvgIpc) is 2.25. The summed E-state index contributed by atoms with van der Waals surface area (Å²) in [5.41, 5.74) is 0.0535. The van der Waals surface area contributed by atoms with Gasteiger partial charge in [0.2, 0.25) is 0 Å². The Bertz CT molecular complexity index is 477. The van der Waals surface area contributed by atoms with Crippen LogP contribution in [0.1, 0.15) is 0 Å². The van der Waals surface area contributed by atoms with Crippen molar-refractivity contribution < 1.29 is 23.8 Å². The second kappa shape index (κ2) is 5.51. The maximum atomic E-state index is 13.6. The fourth-order valence-electron chi connectivity index (χ4n) is 1.11. The topological polar surface area (TPSA) is 75.6 Å². The molecular weight excluding hydrogens is 288 g/mol. The van der Waals surface area contributed by atoms with Gasteiger partial charge in [0.15, 0.2) is 0 Å². The van der Waals surface area contributed by atoms with Gasteiger partial charge in [0.1, 0.15) is 0 Å². The van der Waals surface area contributed by atoms with E-state index in [9.17, 15) is 14.0 Å². The number of ether oxygens (including phenoxy) is 1. The predicted molar refractivity (Wildman–Crippen MR) is 63.6 cm³/mol. The fourth-order valence-corrected chi connectivity index (χ4v) is 1.64. The summed E-state index contributed by atoms with van der Waals surface area (Å²) in [7, 11) is 0.763. The van der Waals surface area contributed by atoms with Gasteiger partial charge >= 0.3 is 17.7 Å². The van der Waals surface area contributed by atoms with Gasteiger partial charge in [-0.15, -0.1) is 0 Å². The van der Waals surface area contributed by atoms with E-state index in [0.29, 0.717) is 0 Å². The van der Waals surface area contributed by atoms with Gasteiger partial charge in [0.05, 0.1) is 0 Å². The zero-order valence-corrected chi connectivity index (χ0v) is 10.5. The van der Waals surface area contributed by atoms with E-state index in [-0.39, 0.29) is 15.7 Å². The first-order chi connectivity index (χ1) is 8.29. The Hall–Kier alpha value is -1.37. The highest BCUT2D eigenvalue weighted by Crippen LogP contribution is 2.24. The Balaban J connectivity index is 2.97. The maximum absolute atomic E-state index is 13.6. The van der Waals surface area contributed by atoms with Gasteiger partial charge in [0.25, 0.3) is 0 Å². The van der Waals surface area contributed by atoms with Crippen molar-refractivity contribution in [1.29, 1.82) is 0 Å². The quantitative estimate of drug-likeness (QED) is 0.836. The number of halogens is 3. The molecule has 5 nitrogen and oxygen atoms in total. The van der Waals surface area contributed by atoms with Crippen LogP contribution in [0.5, 0.6) is 0 Å². The van der Waals surface area contributed by atoms with Gasteiger partial charge in [-0.3, -0.25) is 4.79 Å². The van der Waals surface area contributed by atoms with Crippen LogP contribution in [0.4, 0.5) is 10.1 Å². The van der Waals surface area contributed by atoms with E-state index in [4.69, 9.17) is 28.3 Å². The number of methoxy groups -OCH3 is 1. The van der Waals surface area contributed by atoms with Crippen LogP contribution < -0.4 is 5.32 Å². The molecule has 0 heterocycles. The summed E-state index contributed by atoms with van der Waals surface area (Å²) >= 11 is 11.3. The Morgan fingerprint density at radius 3 is 2.22 bits per heavy atom. The number of hydrogen-bond donors (Lipinski definition) is 2. The summed E-state index contributed by atoms with van der Waals surface area (Å²) in [6, 6.07) is 3.96. The summed E-state index contributed by atoms with van der Waals surface area (Å²) < 4.78 is 17.7. The van der Waals surface area contributed by atoms with Crippen LogP contribution in [-0.4, -0.2) is 29.9 Å². The fraction of sp³-hybridized carbons (Fsp3) is 0.200. The SMILES string of the molecule is COC(F)(C(=O)O)C(=O)Nc1cc(Cl)cc(Cl)c1. The lowest BCUT2D eigenvalue weighted by atomic mass is 10.2. The molecule has 1 atom stereocenters. The smallest absolute Gasteiger partial charge is 0.386 e. The minimum absolute atomic E-state index is 0.0535. The number of alkyl halides is 1. The van der Waals surface area contributed by atoms with Crippen LogP contribution in [-0.2, 0) is 14.3 Å². The first kappa shape index (κ1) is 14.7. The Morgan fingerprint density at radius 1 is 1.33 bits per heavy atom. The molecule has 0 radical (unpaired) electrons. The molecule has 8 heteroatoms. The maximum Gasteiger partial charge on any atom is 0.386 e. The molecule has 1 amide bonds. The number of rotatable bonds is 4. The highest BCUT2D eigenvalue weighted by Gasteiger charge is 2.47. The van der Waals surface area contributed by atoms with Crippen molar-refractivity contribution in [3.63, 3.8) is 0 Å². The van der Waals surface area contributed by atoms with E-state index in [2.05, 4.69) is 4.74 Å². The average molecular weight is 296 g/mol. The van der Waals surface area contributed by atoms with Crippen molar-refractivity contribution in [2.75, 3.05) is 12.4 Å². The molecular formula is C10H8Cl2FNO4. The lowest BCUT2D eigenvalue weighted by Crippen LogP contribution is -2.47. The second-order valence-corrected chi connectivity index (χ2v) is 4.09. The van der Waals surface area contributed by atoms with Crippen molar-refractivity contribution in [3.05, 3.63) is 28.2 Å². The zero-order chi connectivity index (χ0) is 13.9. The Morgan fingerprint density at radius 2 is 1.83 bits per heavy atom. The molecule has 1 aromatic rings. The van der Waals surface area contributed by atoms with Crippen molar-refractivity contribution in [3.8, 4) is 0 Å². The van der Waals surface area contributed by atoms with Gasteiger partial charge < -0.3 is 15.2 Å². The third-order valence-corrected chi connectivity index (χ3v) is 2.41. The third kappa shape index (κ3) is 3.10. The number of nitrogens with one attached hydrogen (secondary N) is 1. The van der Waals surface area contributed by atoms with Gasteiger partial charge in [-0.05, 0) is 18.2 Å². The Labute approximate surface area is 111 Å². The highest BCUT2D eigenvalue weighted by atomic mass is 35.5. The van der Waals surface area contributed by atoms with Gasteiger partial charge in [0, 0.05) is 22.8 Å². The third-order valence-electron chi connectivity index (χ3n) is 1.97. The number of carboxylic acids is 1. The molecule has 0 saturated carbocycles. The van der Waals surface area contributed by atoms with Crippen LogP contribution in [0, 0.1) is 0 Å². The molecule has 1 aromatic carbocycles. The number of carbonyl (C=O) groups is 2. The number of carboxylic acid groups (broad SMARTS) is 1. The lowest BCUT2D eigenvalue weighted by Gasteiger charge is -2.17. The lowest BCUT2D eigenvalue weighted by molar-refractivity contribution is -0.189. The number of anilines is 1. The summed E-state index contributed by atoms with van der Waals surface area (Å²) in [6.45, 7) is 0. The second-order valence-electron chi connectivity index (χ2n) is 3.22. The largest absolute Gasteiger partial charge is 0.477 e. The van der Waals surface area contributed by atoms with Crippen LogP contribution in [0.25, 0.3) is 0 Å². The van der Waals surface area contributed by atoms with Gasteiger partial charge in [-0.1, -0.05) is 23.2 Å². The molecule has 0 fully saturated rings. The summed E-state index contributed by atoms with van der Waals surface area (Å²) in [5.74, 6) is -7.03. The molecule has 0 bridgehead atoms. The van der Waals surface area contributed by atoms with Crippen LogP contribution in [0.3, 0.4) is 0 Å². The summed E-state index contributed by atoms with van der Waals surface area (Å²) in [6.07, 6.45) is 0. The number of aliphatic carboxylic acids is 1. The molecule has 98 valence electrons. The van der Waals surface area contributed by atoms with E-state index < -0.39 is 17.7 Å². The van der Waals surface area contributed by atoms with Crippen LogP contribution in [0.15, 0.2) is 18.2 Å². The molecule has 2 N–H and O–H groups in total.